The molecular formula is C18H29NOS. The molecule has 2 nitrogen and oxygen atoms in total. The fraction of sp³-hybridized carbons (Fsp3) is 0.611. The molecule has 0 unspecified atom stereocenters. The lowest BCUT2D eigenvalue weighted by atomic mass is 10.0. The number of carbonyl (C=O) groups is 1. The summed E-state index contributed by atoms with van der Waals surface area (Å²) in [6.07, 6.45) is 4.41. The van der Waals surface area contributed by atoms with E-state index in [9.17, 15) is 4.79 Å². The number of carbonyl (C=O) groups excluding carboxylic acids is 1. The summed E-state index contributed by atoms with van der Waals surface area (Å²) in [5, 5.41) is 0.237. The first-order valence-corrected chi connectivity index (χ1v) is 9.18. The molecule has 0 N–H and O–H groups in total. The van der Waals surface area contributed by atoms with Crippen molar-refractivity contribution in [3.63, 3.8) is 0 Å². The summed E-state index contributed by atoms with van der Waals surface area (Å²) in [4.78, 5) is 14.8. The molecule has 0 spiro atoms. The van der Waals surface area contributed by atoms with Gasteiger partial charge < -0.3 is 4.90 Å². The van der Waals surface area contributed by atoms with Gasteiger partial charge in [-0.25, -0.2) is 0 Å². The number of unbranched alkanes of at least 4 members (excludes halogenated alkanes) is 1. The molecule has 0 bridgehead atoms. The third kappa shape index (κ3) is 6.66. The number of thioether (sulfide) groups is 1. The summed E-state index contributed by atoms with van der Waals surface area (Å²) in [5.41, 5.74) is 2.12. The molecule has 1 aromatic carbocycles. The van der Waals surface area contributed by atoms with Gasteiger partial charge in [0.1, 0.15) is 0 Å². The highest BCUT2D eigenvalue weighted by Crippen LogP contribution is 2.19. The number of aryl methyl sites for hydroxylation is 1. The second-order valence-electron chi connectivity index (χ2n) is 5.28. The monoisotopic (exact) mass is 307 g/mol. The zero-order valence-electron chi connectivity index (χ0n) is 13.7. The lowest BCUT2D eigenvalue weighted by Gasteiger charge is -2.17. The second-order valence-corrected chi connectivity index (χ2v) is 6.34. The van der Waals surface area contributed by atoms with Crippen molar-refractivity contribution in [2.45, 2.75) is 46.5 Å². The fourth-order valence-electron chi connectivity index (χ4n) is 2.38. The summed E-state index contributed by atoms with van der Waals surface area (Å²) in [6.45, 7) is 9.83. The molecule has 1 rings (SSSR count). The normalized spacial score (nSPS) is 11.0. The number of benzene rings is 1. The van der Waals surface area contributed by atoms with Gasteiger partial charge in [-0.1, -0.05) is 63.2 Å². The van der Waals surface area contributed by atoms with Crippen LogP contribution in [0.15, 0.2) is 24.3 Å². The van der Waals surface area contributed by atoms with Crippen LogP contribution in [0.4, 0.5) is 0 Å². The molecular weight excluding hydrogens is 278 g/mol. The Kier molecular flexibility index (Phi) is 9.44. The van der Waals surface area contributed by atoms with Crippen molar-refractivity contribution < 1.29 is 4.79 Å². The largest absolute Gasteiger partial charge is 0.304 e. The average Bonchev–Trinajstić information content (AvgIpc) is 2.53. The molecule has 0 radical (unpaired) electrons. The zero-order chi connectivity index (χ0) is 15.5. The van der Waals surface area contributed by atoms with Crippen LogP contribution >= 0.6 is 11.8 Å². The highest BCUT2D eigenvalue weighted by molar-refractivity contribution is 8.14. The summed E-state index contributed by atoms with van der Waals surface area (Å²) in [7, 11) is 0. The van der Waals surface area contributed by atoms with E-state index in [0.29, 0.717) is 0 Å². The predicted molar refractivity (Wildman–Crippen MR) is 94.2 cm³/mol. The van der Waals surface area contributed by atoms with Crippen LogP contribution in [0.25, 0.3) is 0 Å². The molecule has 1 aromatic rings. The predicted octanol–water partition coefficient (Wildman–Crippen LogP) is 4.63. The SMILES string of the molecule is CCCCc1ccccc1C(=O)SCCCN(CC)CC. The van der Waals surface area contributed by atoms with Gasteiger partial charge in [0.05, 0.1) is 0 Å². The molecule has 0 aromatic heterocycles. The number of rotatable bonds is 10. The Bertz CT molecular complexity index is 415. The van der Waals surface area contributed by atoms with E-state index < -0.39 is 0 Å². The Morgan fingerprint density at radius 3 is 2.48 bits per heavy atom. The molecule has 0 aliphatic heterocycles. The van der Waals surface area contributed by atoms with Crippen LogP contribution in [0.5, 0.6) is 0 Å². The van der Waals surface area contributed by atoms with Crippen LogP contribution in [-0.2, 0) is 6.42 Å². The van der Waals surface area contributed by atoms with Crippen LogP contribution in [0.2, 0.25) is 0 Å². The maximum absolute atomic E-state index is 12.4. The first kappa shape index (κ1) is 18.2. The molecule has 21 heavy (non-hydrogen) atoms. The third-order valence-corrected chi connectivity index (χ3v) is 4.76. The molecule has 118 valence electrons. The topological polar surface area (TPSA) is 20.3 Å². The van der Waals surface area contributed by atoms with Crippen LogP contribution in [0, 0.1) is 0 Å². The van der Waals surface area contributed by atoms with E-state index in [4.69, 9.17) is 0 Å². The minimum Gasteiger partial charge on any atom is -0.304 e. The van der Waals surface area contributed by atoms with E-state index in [1.54, 1.807) is 0 Å². The van der Waals surface area contributed by atoms with Gasteiger partial charge in [-0.15, -0.1) is 0 Å². The highest BCUT2D eigenvalue weighted by atomic mass is 32.2. The molecule has 3 heteroatoms. The molecule has 0 aliphatic rings. The van der Waals surface area contributed by atoms with Gasteiger partial charge in [0, 0.05) is 11.3 Å². The van der Waals surface area contributed by atoms with E-state index in [-0.39, 0.29) is 5.12 Å². The molecule has 0 atom stereocenters. The van der Waals surface area contributed by atoms with E-state index in [1.165, 1.54) is 23.7 Å². The van der Waals surface area contributed by atoms with Gasteiger partial charge in [-0.2, -0.15) is 0 Å². The van der Waals surface area contributed by atoms with E-state index in [2.05, 4.69) is 31.7 Å². The lowest BCUT2D eigenvalue weighted by Crippen LogP contribution is -2.24. The van der Waals surface area contributed by atoms with Gasteiger partial charge in [0.2, 0.25) is 5.12 Å². The average molecular weight is 308 g/mol. The summed E-state index contributed by atoms with van der Waals surface area (Å²) in [6, 6.07) is 8.08. The fourth-order valence-corrected chi connectivity index (χ4v) is 3.19. The molecule has 0 fully saturated rings. The van der Waals surface area contributed by atoms with Crippen LogP contribution < -0.4 is 0 Å². The molecule has 0 amide bonds. The molecule has 0 saturated carbocycles. The summed E-state index contributed by atoms with van der Waals surface area (Å²) in [5.74, 6) is 0.914. The lowest BCUT2D eigenvalue weighted by molar-refractivity contribution is 0.108. The minimum absolute atomic E-state index is 0.237. The van der Waals surface area contributed by atoms with E-state index in [0.717, 1.165) is 50.2 Å². The Labute approximate surface area is 134 Å². The van der Waals surface area contributed by atoms with Crippen molar-refractivity contribution in [3.05, 3.63) is 35.4 Å². The maximum atomic E-state index is 12.4. The van der Waals surface area contributed by atoms with Crippen LogP contribution in [0.1, 0.15) is 56.0 Å². The summed E-state index contributed by atoms with van der Waals surface area (Å²) < 4.78 is 0. The number of hydrogen-bond donors (Lipinski definition) is 0. The Morgan fingerprint density at radius 2 is 1.81 bits per heavy atom. The zero-order valence-corrected chi connectivity index (χ0v) is 14.5. The van der Waals surface area contributed by atoms with Crippen molar-refractivity contribution in [3.8, 4) is 0 Å². The number of hydrogen-bond acceptors (Lipinski definition) is 3. The van der Waals surface area contributed by atoms with Gasteiger partial charge >= 0.3 is 0 Å². The first-order valence-electron chi connectivity index (χ1n) is 8.20. The quantitative estimate of drug-likeness (QED) is 0.588. The second kappa shape index (κ2) is 10.9. The Balaban J connectivity index is 2.44. The van der Waals surface area contributed by atoms with Crippen LogP contribution in [-0.4, -0.2) is 35.4 Å². The van der Waals surface area contributed by atoms with Crippen LogP contribution in [0.3, 0.4) is 0 Å². The molecule has 0 saturated heterocycles. The van der Waals surface area contributed by atoms with E-state index >= 15 is 0 Å². The van der Waals surface area contributed by atoms with Crippen molar-refractivity contribution in [1.82, 2.24) is 4.90 Å². The summed E-state index contributed by atoms with van der Waals surface area (Å²) >= 11 is 1.47. The smallest absolute Gasteiger partial charge is 0.219 e. The Morgan fingerprint density at radius 1 is 1.10 bits per heavy atom. The van der Waals surface area contributed by atoms with E-state index in [1.807, 2.05) is 18.2 Å². The van der Waals surface area contributed by atoms with Gasteiger partial charge in [0.25, 0.3) is 0 Å². The van der Waals surface area contributed by atoms with Crippen molar-refractivity contribution in [2.24, 2.45) is 0 Å². The molecule has 0 heterocycles. The van der Waals surface area contributed by atoms with Crippen molar-refractivity contribution in [2.75, 3.05) is 25.4 Å². The minimum atomic E-state index is 0.237. The van der Waals surface area contributed by atoms with Gasteiger partial charge in [0.15, 0.2) is 0 Å². The van der Waals surface area contributed by atoms with Gasteiger partial charge in [-0.05, 0) is 44.5 Å². The highest BCUT2D eigenvalue weighted by Gasteiger charge is 2.11. The standard InChI is InChI=1S/C18H29NOS/c1-4-7-11-16-12-8-9-13-17(16)18(20)21-15-10-14-19(5-2)6-3/h8-9,12-13H,4-7,10-11,14-15H2,1-3H3. The first-order chi connectivity index (χ1) is 10.2. The third-order valence-electron chi connectivity index (χ3n) is 3.78. The molecule has 0 aliphatic carbocycles. The van der Waals surface area contributed by atoms with Crippen molar-refractivity contribution in [1.29, 1.82) is 0 Å². The Hall–Kier alpha value is -0.800. The van der Waals surface area contributed by atoms with Gasteiger partial charge in [-0.3, -0.25) is 4.79 Å². The van der Waals surface area contributed by atoms with Crippen molar-refractivity contribution >= 4 is 16.9 Å². The maximum Gasteiger partial charge on any atom is 0.219 e. The number of nitrogens with zero attached hydrogens (tertiary/aromatic N) is 1.